The number of benzene rings is 1. The van der Waals surface area contributed by atoms with Crippen molar-refractivity contribution in [2.45, 2.75) is 13.5 Å². The molecule has 2 heterocycles. The van der Waals surface area contributed by atoms with Gasteiger partial charge >= 0.3 is 0 Å². The summed E-state index contributed by atoms with van der Waals surface area (Å²) < 4.78 is 7.68. The van der Waals surface area contributed by atoms with E-state index in [4.69, 9.17) is 10.2 Å². The van der Waals surface area contributed by atoms with Crippen molar-refractivity contribution in [2.24, 2.45) is 12.8 Å². The lowest BCUT2D eigenvalue weighted by Gasteiger charge is -2.04. The zero-order valence-electron chi connectivity index (χ0n) is 10.6. The summed E-state index contributed by atoms with van der Waals surface area (Å²) >= 11 is 0. The molecule has 0 atom stereocenters. The van der Waals surface area contributed by atoms with Crippen LogP contribution < -0.4 is 5.73 Å². The second-order valence-electron chi connectivity index (χ2n) is 4.54. The molecule has 0 fully saturated rings. The molecule has 0 amide bonds. The van der Waals surface area contributed by atoms with Crippen molar-refractivity contribution in [1.82, 2.24) is 4.57 Å². The second-order valence-corrected chi connectivity index (χ2v) is 4.54. The number of aromatic nitrogens is 1. The molecule has 2 N–H and O–H groups in total. The number of aryl methyl sites for hydroxylation is 2. The molecule has 3 rings (SSSR count). The summed E-state index contributed by atoms with van der Waals surface area (Å²) in [5.74, 6) is 0.901. The minimum atomic E-state index is 0.499. The van der Waals surface area contributed by atoms with Gasteiger partial charge in [-0.2, -0.15) is 0 Å². The van der Waals surface area contributed by atoms with Crippen LogP contribution in [0.3, 0.4) is 0 Å². The zero-order chi connectivity index (χ0) is 12.7. The molecule has 0 aliphatic rings. The quantitative estimate of drug-likeness (QED) is 0.747. The van der Waals surface area contributed by atoms with E-state index in [9.17, 15) is 0 Å². The number of hydrogen-bond donors (Lipinski definition) is 1. The third kappa shape index (κ3) is 1.48. The van der Waals surface area contributed by atoms with Gasteiger partial charge in [-0.25, -0.2) is 0 Å². The summed E-state index contributed by atoms with van der Waals surface area (Å²) in [4.78, 5) is 0. The Labute approximate surface area is 106 Å². The van der Waals surface area contributed by atoms with Gasteiger partial charge in [-0.05, 0) is 19.1 Å². The van der Waals surface area contributed by atoms with Gasteiger partial charge in [-0.3, -0.25) is 0 Å². The van der Waals surface area contributed by atoms with Gasteiger partial charge in [0.1, 0.15) is 12.0 Å². The topological polar surface area (TPSA) is 44.1 Å². The maximum Gasteiger partial charge on any atom is 0.105 e. The normalized spacial score (nSPS) is 11.3. The Kier molecular flexibility index (Phi) is 2.49. The maximum atomic E-state index is 5.81. The second kappa shape index (κ2) is 4.03. The molecule has 3 nitrogen and oxygen atoms in total. The minimum Gasteiger partial charge on any atom is -0.469 e. The van der Waals surface area contributed by atoms with Crippen LogP contribution >= 0.6 is 0 Å². The molecular weight excluding hydrogens is 224 g/mol. The van der Waals surface area contributed by atoms with Crippen LogP contribution in [0.15, 0.2) is 41.0 Å². The maximum absolute atomic E-state index is 5.81. The molecule has 0 unspecified atom stereocenters. The zero-order valence-corrected chi connectivity index (χ0v) is 10.6. The predicted octanol–water partition coefficient (Wildman–Crippen LogP) is 3.21. The summed E-state index contributed by atoms with van der Waals surface area (Å²) in [5.41, 5.74) is 10.3. The van der Waals surface area contributed by atoms with E-state index >= 15 is 0 Å². The lowest BCUT2D eigenvalue weighted by molar-refractivity contribution is 0.530. The van der Waals surface area contributed by atoms with Crippen LogP contribution in [0.1, 0.15) is 11.3 Å². The van der Waals surface area contributed by atoms with Gasteiger partial charge < -0.3 is 14.7 Å². The lowest BCUT2D eigenvalue weighted by Crippen LogP contribution is -2.00. The van der Waals surface area contributed by atoms with Gasteiger partial charge in [0, 0.05) is 35.6 Å². The third-order valence-electron chi connectivity index (χ3n) is 3.54. The van der Waals surface area contributed by atoms with Gasteiger partial charge in [0.2, 0.25) is 0 Å². The molecule has 3 heteroatoms. The van der Waals surface area contributed by atoms with Crippen LogP contribution in [0.4, 0.5) is 0 Å². The van der Waals surface area contributed by atoms with E-state index in [0.717, 1.165) is 22.6 Å². The van der Waals surface area contributed by atoms with Crippen molar-refractivity contribution in [3.05, 3.63) is 47.9 Å². The lowest BCUT2D eigenvalue weighted by atomic mass is 10.1. The number of nitrogens with two attached hydrogens (primary N) is 1. The van der Waals surface area contributed by atoms with Crippen LogP contribution in [-0.2, 0) is 13.6 Å². The Morgan fingerprint density at radius 3 is 2.78 bits per heavy atom. The number of fused-ring (bicyclic) bond motifs is 1. The van der Waals surface area contributed by atoms with Crippen LogP contribution in [0.2, 0.25) is 0 Å². The first kappa shape index (κ1) is 11.1. The van der Waals surface area contributed by atoms with Crippen molar-refractivity contribution in [3.8, 4) is 11.3 Å². The molecule has 0 saturated carbocycles. The van der Waals surface area contributed by atoms with E-state index in [2.05, 4.69) is 41.9 Å². The first-order chi connectivity index (χ1) is 8.72. The van der Waals surface area contributed by atoms with E-state index < -0.39 is 0 Å². The highest BCUT2D eigenvalue weighted by Gasteiger charge is 2.15. The standard InChI is InChI=1S/C15H16N2O/c1-10-12(8-16)13(9-18-10)15-7-11-5-3-4-6-14(11)17(15)2/h3-7,9H,8,16H2,1-2H3. The van der Waals surface area contributed by atoms with Crippen molar-refractivity contribution >= 4 is 10.9 Å². The molecular formula is C15H16N2O. The summed E-state index contributed by atoms with van der Waals surface area (Å²) in [6.45, 7) is 2.45. The molecule has 0 saturated heterocycles. The Morgan fingerprint density at radius 2 is 2.06 bits per heavy atom. The molecule has 2 aromatic heterocycles. The predicted molar refractivity (Wildman–Crippen MR) is 73.2 cm³/mol. The van der Waals surface area contributed by atoms with Crippen LogP contribution in [0.25, 0.3) is 22.2 Å². The summed E-state index contributed by atoms with van der Waals surface area (Å²) in [6.07, 6.45) is 1.80. The molecule has 0 radical (unpaired) electrons. The van der Waals surface area contributed by atoms with Crippen molar-refractivity contribution in [1.29, 1.82) is 0 Å². The van der Waals surface area contributed by atoms with E-state index in [1.807, 2.05) is 6.92 Å². The van der Waals surface area contributed by atoms with E-state index in [1.165, 1.54) is 10.9 Å². The smallest absolute Gasteiger partial charge is 0.105 e. The summed E-state index contributed by atoms with van der Waals surface area (Å²) in [6, 6.07) is 10.5. The van der Waals surface area contributed by atoms with E-state index in [0.29, 0.717) is 6.54 Å². The van der Waals surface area contributed by atoms with Crippen LogP contribution in [0.5, 0.6) is 0 Å². The molecule has 92 valence electrons. The SMILES string of the molecule is Cc1occ(-c2cc3ccccc3n2C)c1CN. The van der Waals surface area contributed by atoms with Gasteiger partial charge in [-0.15, -0.1) is 0 Å². The molecule has 0 bridgehead atoms. The Morgan fingerprint density at radius 1 is 1.28 bits per heavy atom. The molecule has 0 aliphatic heterocycles. The first-order valence-electron chi connectivity index (χ1n) is 6.04. The fourth-order valence-electron chi connectivity index (χ4n) is 2.50. The van der Waals surface area contributed by atoms with Gasteiger partial charge in [0.05, 0.1) is 5.69 Å². The fraction of sp³-hybridized carbons (Fsp3) is 0.200. The Hall–Kier alpha value is -2.00. The summed E-state index contributed by atoms with van der Waals surface area (Å²) in [5, 5.41) is 1.23. The first-order valence-corrected chi connectivity index (χ1v) is 6.04. The number of para-hydroxylation sites is 1. The average molecular weight is 240 g/mol. The number of nitrogens with zero attached hydrogens (tertiary/aromatic N) is 1. The van der Waals surface area contributed by atoms with E-state index in [1.54, 1.807) is 6.26 Å². The van der Waals surface area contributed by atoms with Gasteiger partial charge in [0.25, 0.3) is 0 Å². The monoisotopic (exact) mass is 240 g/mol. The van der Waals surface area contributed by atoms with Crippen molar-refractivity contribution in [3.63, 3.8) is 0 Å². The van der Waals surface area contributed by atoms with Gasteiger partial charge in [-0.1, -0.05) is 18.2 Å². The molecule has 1 aromatic carbocycles. The van der Waals surface area contributed by atoms with Gasteiger partial charge in [0.15, 0.2) is 0 Å². The highest BCUT2D eigenvalue weighted by atomic mass is 16.3. The molecule has 3 aromatic rings. The molecule has 0 aliphatic carbocycles. The van der Waals surface area contributed by atoms with Crippen molar-refractivity contribution < 1.29 is 4.42 Å². The number of furan rings is 1. The van der Waals surface area contributed by atoms with E-state index in [-0.39, 0.29) is 0 Å². The third-order valence-corrected chi connectivity index (χ3v) is 3.54. The van der Waals surface area contributed by atoms with Crippen molar-refractivity contribution in [2.75, 3.05) is 0 Å². The Bertz CT molecular complexity index is 706. The average Bonchev–Trinajstić information content (AvgIpc) is 2.91. The largest absolute Gasteiger partial charge is 0.469 e. The highest BCUT2D eigenvalue weighted by molar-refractivity contribution is 5.87. The number of rotatable bonds is 2. The minimum absolute atomic E-state index is 0.499. The van der Waals surface area contributed by atoms with Crippen LogP contribution in [-0.4, -0.2) is 4.57 Å². The van der Waals surface area contributed by atoms with Crippen LogP contribution in [0, 0.1) is 6.92 Å². The fourth-order valence-corrected chi connectivity index (χ4v) is 2.50. The number of hydrogen-bond acceptors (Lipinski definition) is 2. The molecule has 18 heavy (non-hydrogen) atoms. The molecule has 0 spiro atoms. The highest BCUT2D eigenvalue weighted by Crippen LogP contribution is 2.31. The Balaban J connectivity index is 2.28. The summed E-state index contributed by atoms with van der Waals surface area (Å²) in [7, 11) is 2.07.